The van der Waals surface area contributed by atoms with Crippen LogP contribution in [0.3, 0.4) is 0 Å². The van der Waals surface area contributed by atoms with E-state index < -0.39 is 5.60 Å². The average molecular weight is 317 g/mol. The molecule has 1 amide bonds. The van der Waals surface area contributed by atoms with Gasteiger partial charge in [-0.05, 0) is 17.7 Å². The number of hydrogen-bond acceptors (Lipinski definition) is 2. The summed E-state index contributed by atoms with van der Waals surface area (Å²) in [5, 5.41) is 0. The predicted octanol–water partition coefficient (Wildman–Crippen LogP) is 4.27. The number of ether oxygens (including phenoxy) is 1. The molecule has 0 bridgehead atoms. The summed E-state index contributed by atoms with van der Waals surface area (Å²) in [6.07, 6.45) is 3.80. The summed E-state index contributed by atoms with van der Waals surface area (Å²) in [5.41, 5.74) is 0.621. The first-order valence-electron chi connectivity index (χ1n) is 7.87. The minimum absolute atomic E-state index is 0.296. The Morgan fingerprint density at radius 3 is 2.25 bits per heavy atom. The number of benzene rings is 2. The van der Waals surface area contributed by atoms with Gasteiger partial charge in [-0.25, -0.2) is 0 Å². The van der Waals surface area contributed by atoms with E-state index >= 15 is 0 Å². The first-order valence-corrected chi connectivity index (χ1v) is 7.87. The molecule has 0 spiro atoms. The summed E-state index contributed by atoms with van der Waals surface area (Å²) in [6, 6.07) is 19.2. The zero-order chi connectivity index (χ0) is 17.0. The van der Waals surface area contributed by atoms with Crippen LogP contribution in [-0.4, -0.2) is 17.4 Å². The Kier molecular flexibility index (Phi) is 4.43. The van der Waals surface area contributed by atoms with E-state index in [1.54, 1.807) is 12.2 Å². The first-order chi connectivity index (χ1) is 11.7. The zero-order valence-electron chi connectivity index (χ0n) is 13.4. The van der Waals surface area contributed by atoms with Gasteiger partial charge in [0.15, 0.2) is 0 Å². The molecule has 0 saturated carbocycles. The third-order valence-corrected chi connectivity index (χ3v) is 4.21. The Morgan fingerprint density at radius 1 is 1.04 bits per heavy atom. The van der Waals surface area contributed by atoms with Crippen molar-refractivity contribution in [2.45, 2.75) is 17.9 Å². The van der Waals surface area contributed by atoms with Gasteiger partial charge in [0.25, 0.3) is 5.91 Å². The number of hydrogen-bond donors (Lipinski definition) is 0. The van der Waals surface area contributed by atoms with Crippen molar-refractivity contribution < 1.29 is 9.53 Å². The summed E-state index contributed by atoms with van der Waals surface area (Å²) < 4.78 is 6.15. The van der Waals surface area contributed by atoms with Crippen LogP contribution in [-0.2, 0) is 9.53 Å². The molecule has 1 aliphatic rings. The molecule has 0 fully saturated rings. The smallest absolute Gasteiger partial charge is 0.294 e. The molecule has 2 atom stereocenters. The molecule has 24 heavy (non-hydrogen) atoms. The molecule has 2 aromatic rings. The molecule has 3 rings (SSSR count). The molecule has 1 aliphatic heterocycles. The molecule has 0 saturated heterocycles. The van der Waals surface area contributed by atoms with Crippen molar-refractivity contribution >= 4 is 11.8 Å². The molecule has 0 aromatic heterocycles. The molecule has 0 aliphatic carbocycles. The van der Waals surface area contributed by atoms with E-state index in [-0.39, 0.29) is 11.8 Å². The van der Waals surface area contributed by atoms with Crippen molar-refractivity contribution in [2.24, 2.45) is 4.99 Å². The maximum absolute atomic E-state index is 12.8. The molecule has 1 heterocycles. The Balaban J connectivity index is 2.02. The lowest BCUT2D eigenvalue weighted by Gasteiger charge is -2.32. The Hall–Kier alpha value is -2.94. The van der Waals surface area contributed by atoms with Gasteiger partial charge in [0, 0.05) is 12.0 Å². The van der Waals surface area contributed by atoms with Crippen molar-refractivity contribution in [1.29, 1.82) is 0 Å². The fraction of sp³-hybridized carbons (Fsp3) is 0.143. The highest BCUT2D eigenvalue weighted by atomic mass is 16.5. The third-order valence-electron chi connectivity index (χ3n) is 4.21. The van der Waals surface area contributed by atoms with E-state index in [1.807, 2.05) is 60.7 Å². The highest BCUT2D eigenvalue weighted by molar-refractivity contribution is 6.09. The van der Waals surface area contributed by atoms with E-state index in [0.29, 0.717) is 12.3 Å². The molecule has 0 radical (unpaired) electrons. The van der Waals surface area contributed by atoms with Gasteiger partial charge < -0.3 is 4.74 Å². The first kappa shape index (κ1) is 15.9. The molecule has 3 nitrogen and oxygen atoms in total. The van der Waals surface area contributed by atoms with Crippen LogP contribution in [0.5, 0.6) is 0 Å². The van der Waals surface area contributed by atoms with Gasteiger partial charge >= 0.3 is 0 Å². The molecular formula is C21H19NO2. The van der Waals surface area contributed by atoms with Crippen molar-refractivity contribution in [1.82, 2.24) is 0 Å². The van der Waals surface area contributed by atoms with Crippen LogP contribution in [0.25, 0.3) is 0 Å². The quantitative estimate of drug-likeness (QED) is 0.746. The van der Waals surface area contributed by atoms with Gasteiger partial charge in [-0.1, -0.05) is 60.7 Å². The largest absolute Gasteiger partial charge is 0.459 e. The van der Waals surface area contributed by atoms with Gasteiger partial charge in [-0.3, -0.25) is 4.79 Å². The van der Waals surface area contributed by atoms with Gasteiger partial charge in [0.1, 0.15) is 0 Å². The zero-order valence-corrected chi connectivity index (χ0v) is 13.4. The molecule has 0 N–H and O–H groups in total. The Labute approximate surface area is 142 Å². The highest BCUT2D eigenvalue weighted by Gasteiger charge is 2.51. The fourth-order valence-electron chi connectivity index (χ4n) is 3.05. The van der Waals surface area contributed by atoms with Crippen LogP contribution in [0.1, 0.15) is 23.5 Å². The topological polar surface area (TPSA) is 38.7 Å². The maximum atomic E-state index is 12.8. The van der Waals surface area contributed by atoms with Crippen molar-refractivity contribution in [3.8, 4) is 0 Å². The lowest BCUT2D eigenvalue weighted by Crippen LogP contribution is -2.42. The second-order valence-electron chi connectivity index (χ2n) is 5.70. The van der Waals surface area contributed by atoms with Crippen molar-refractivity contribution in [3.63, 3.8) is 0 Å². The number of aliphatic imine (C=N–C) groups is 1. The van der Waals surface area contributed by atoms with E-state index in [0.717, 1.165) is 11.1 Å². The van der Waals surface area contributed by atoms with E-state index in [4.69, 9.17) is 4.74 Å². The lowest BCUT2D eigenvalue weighted by molar-refractivity contribution is -0.131. The highest BCUT2D eigenvalue weighted by Crippen LogP contribution is 2.40. The average Bonchev–Trinajstić information content (AvgIpc) is 2.95. The predicted molar refractivity (Wildman–Crippen MR) is 96.0 cm³/mol. The molecule has 120 valence electrons. The maximum Gasteiger partial charge on any atom is 0.294 e. The number of carbonyl (C=O) groups excluding carboxylic acids is 1. The lowest BCUT2D eigenvalue weighted by atomic mass is 9.79. The van der Waals surface area contributed by atoms with Crippen LogP contribution < -0.4 is 0 Å². The number of rotatable bonds is 6. The number of amides is 1. The van der Waals surface area contributed by atoms with Crippen molar-refractivity contribution in [2.75, 3.05) is 0 Å². The fourth-order valence-corrected chi connectivity index (χ4v) is 3.05. The van der Waals surface area contributed by atoms with E-state index in [9.17, 15) is 4.79 Å². The van der Waals surface area contributed by atoms with Gasteiger partial charge in [0.05, 0.1) is 5.92 Å². The molecular weight excluding hydrogens is 298 g/mol. The summed E-state index contributed by atoms with van der Waals surface area (Å²) in [6.45, 7) is 7.72. The van der Waals surface area contributed by atoms with Gasteiger partial charge in [-0.15, -0.1) is 13.2 Å². The van der Waals surface area contributed by atoms with Crippen molar-refractivity contribution in [3.05, 3.63) is 97.1 Å². The van der Waals surface area contributed by atoms with Gasteiger partial charge in [-0.2, -0.15) is 4.99 Å². The van der Waals surface area contributed by atoms with Crippen LogP contribution in [0, 0.1) is 0 Å². The van der Waals surface area contributed by atoms with Gasteiger partial charge in [0.2, 0.25) is 11.5 Å². The second-order valence-corrected chi connectivity index (χ2v) is 5.70. The van der Waals surface area contributed by atoms with Crippen LogP contribution >= 0.6 is 0 Å². The minimum Gasteiger partial charge on any atom is -0.459 e. The molecule has 0 unspecified atom stereocenters. The Bertz CT molecular complexity index is 780. The van der Waals surface area contributed by atoms with Crippen LogP contribution in [0.2, 0.25) is 0 Å². The third kappa shape index (κ3) is 2.69. The normalized spacial score (nSPS) is 20.8. The minimum atomic E-state index is -1.13. The molecule has 3 heteroatoms. The SMILES string of the molecule is C=CC[C@]1([C@@H](C=C)c2ccccc2)OC(c2ccccc2)=NC1=O. The number of nitrogens with zero attached hydrogens (tertiary/aromatic N) is 1. The summed E-state index contributed by atoms with van der Waals surface area (Å²) in [5.74, 6) is -0.255. The monoisotopic (exact) mass is 317 g/mol. The summed E-state index contributed by atoms with van der Waals surface area (Å²) in [4.78, 5) is 17.0. The summed E-state index contributed by atoms with van der Waals surface area (Å²) in [7, 11) is 0. The van der Waals surface area contributed by atoms with Crippen LogP contribution in [0.4, 0.5) is 0 Å². The molecule has 2 aromatic carbocycles. The van der Waals surface area contributed by atoms with Crippen LogP contribution in [0.15, 0.2) is 91.0 Å². The Morgan fingerprint density at radius 2 is 1.67 bits per heavy atom. The summed E-state index contributed by atoms with van der Waals surface area (Å²) >= 11 is 0. The number of carbonyl (C=O) groups is 1. The van der Waals surface area contributed by atoms with E-state index in [1.165, 1.54) is 0 Å². The van der Waals surface area contributed by atoms with E-state index in [2.05, 4.69) is 18.2 Å². The second kappa shape index (κ2) is 6.67. The standard InChI is InChI=1S/C21H19NO2/c1-3-15-21(18(4-2)16-11-7-5-8-12-16)20(23)22-19(24-21)17-13-9-6-10-14-17/h3-14,18H,1-2,15H2/t18-,21+/m0/s1.